The number of carbonyl (C=O) groups is 1. The van der Waals surface area contributed by atoms with Crippen molar-refractivity contribution in [2.45, 2.75) is 31.2 Å². The maximum absolute atomic E-state index is 12.8. The van der Waals surface area contributed by atoms with Crippen LogP contribution in [0.2, 0.25) is 0 Å². The Labute approximate surface area is 168 Å². The molecule has 2 N–H and O–H groups in total. The Bertz CT molecular complexity index is 1050. The maximum atomic E-state index is 12.8. The lowest BCUT2D eigenvalue weighted by atomic mass is 10.0. The summed E-state index contributed by atoms with van der Waals surface area (Å²) in [4.78, 5) is 16.9. The molecule has 0 radical (unpaired) electrons. The van der Waals surface area contributed by atoms with Crippen LogP contribution in [0.15, 0.2) is 64.9 Å². The van der Waals surface area contributed by atoms with Crippen molar-refractivity contribution in [3.05, 3.63) is 76.8 Å². The Balaban J connectivity index is 1.81. The van der Waals surface area contributed by atoms with Gasteiger partial charge >= 0.3 is 0 Å². The van der Waals surface area contributed by atoms with Crippen molar-refractivity contribution in [3.8, 4) is 0 Å². The van der Waals surface area contributed by atoms with E-state index in [4.69, 9.17) is 0 Å². The molecule has 0 aliphatic rings. The summed E-state index contributed by atoms with van der Waals surface area (Å²) in [6, 6.07) is 14.9. The summed E-state index contributed by atoms with van der Waals surface area (Å²) < 4.78 is 28.3. The van der Waals surface area contributed by atoms with Crippen LogP contribution in [0.1, 0.15) is 29.3 Å². The van der Waals surface area contributed by atoms with Crippen molar-refractivity contribution in [3.63, 3.8) is 0 Å². The fraction of sp³-hybridized carbons (Fsp3) is 0.200. The average Bonchev–Trinajstić information content (AvgIpc) is 3.06. The molecule has 0 bridgehead atoms. The highest BCUT2D eigenvalue weighted by Gasteiger charge is 2.24. The standard InChI is InChI=1S/C20H21N3O3S2/c1-14-8-10-17(11-9-14)28(25,26)23-18(16-6-4-3-5-7-16)12-19(24)22-20-21-15(2)13-27-20/h3-11,13,18,23H,12H2,1-2H3,(H,21,22,24)/t18-/m0/s1. The van der Waals surface area contributed by atoms with Crippen LogP contribution in [0, 0.1) is 13.8 Å². The predicted molar refractivity (Wildman–Crippen MR) is 111 cm³/mol. The zero-order chi connectivity index (χ0) is 20.1. The molecule has 0 aliphatic carbocycles. The number of amides is 1. The lowest BCUT2D eigenvalue weighted by Crippen LogP contribution is -2.31. The topological polar surface area (TPSA) is 88.2 Å². The predicted octanol–water partition coefficient (Wildman–Crippen LogP) is 3.81. The number of nitrogens with zero attached hydrogens (tertiary/aromatic N) is 1. The highest BCUT2D eigenvalue weighted by molar-refractivity contribution is 7.89. The van der Waals surface area contributed by atoms with Gasteiger partial charge in [0.1, 0.15) is 0 Å². The van der Waals surface area contributed by atoms with Crippen LogP contribution in [0.3, 0.4) is 0 Å². The molecule has 0 saturated heterocycles. The first kappa shape index (κ1) is 20.2. The Morgan fingerprint density at radius 1 is 1.07 bits per heavy atom. The molecule has 28 heavy (non-hydrogen) atoms. The number of nitrogens with one attached hydrogen (secondary N) is 2. The van der Waals surface area contributed by atoms with Gasteiger partial charge in [-0.05, 0) is 31.5 Å². The Hall–Kier alpha value is -2.55. The van der Waals surface area contributed by atoms with Crippen LogP contribution >= 0.6 is 11.3 Å². The Morgan fingerprint density at radius 3 is 2.36 bits per heavy atom. The number of aryl methyl sites for hydroxylation is 2. The van der Waals surface area contributed by atoms with Crippen molar-refractivity contribution in [2.24, 2.45) is 0 Å². The van der Waals surface area contributed by atoms with Crippen LogP contribution in [0.5, 0.6) is 0 Å². The number of hydrogen-bond donors (Lipinski definition) is 2. The summed E-state index contributed by atoms with van der Waals surface area (Å²) in [5, 5.41) is 5.06. The second-order valence-electron chi connectivity index (χ2n) is 6.44. The normalized spacial score (nSPS) is 12.5. The average molecular weight is 416 g/mol. The monoisotopic (exact) mass is 415 g/mol. The zero-order valence-corrected chi connectivity index (χ0v) is 17.2. The third-order valence-electron chi connectivity index (χ3n) is 4.09. The van der Waals surface area contributed by atoms with E-state index < -0.39 is 16.1 Å². The minimum absolute atomic E-state index is 0.0479. The molecule has 8 heteroatoms. The molecule has 1 aromatic heterocycles. The summed E-state index contributed by atoms with van der Waals surface area (Å²) in [5.74, 6) is -0.310. The summed E-state index contributed by atoms with van der Waals surface area (Å²) >= 11 is 1.33. The first-order valence-electron chi connectivity index (χ1n) is 8.69. The highest BCUT2D eigenvalue weighted by Crippen LogP contribution is 2.22. The summed E-state index contributed by atoms with van der Waals surface area (Å²) in [5.41, 5.74) is 2.50. The van der Waals surface area contributed by atoms with Crippen LogP contribution in [-0.4, -0.2) is 19.3 Å². The van der Waals surface area contributed by atoms with Gasteiger partial charge in [0.2, 0.25) is 15.9 Å². The van der Waals surface area contributed by atoms with Crippen molar-refractivity contribution < 1.29 is 13.2 Å². The molecule has 146 valence electrons. The number of thiazole rings is 1. The van der Waals surface area contributed by atoms with E-state index in [0.717, 1.165) is 11.3 Å². The number of hydrogen-bond acceptors (Lipinski definition) is 5. The molecule has 6 nitrogen and oxygen atoms in total. The summed E-state index contributed by atoms with van der Waals surface area (Å²) in [7, 11) is -3.78. The van der Waals surface area contributed by atoms with Gasteiger partial charge in [0, 0.05) is 11.8 Å². The van der Waals surface area contributed by atoms with E-state index >= 15 is 0 Å². The van der Waals surface area contributed by atoms with E-state index in [9.17, 15) is 13.2 Å². The summed E-state index contributed by atoms with van der Waals surface area (Å²) in [6.07, 6.45) is -0.0479. The third kappa shape index (κ3) is 5.25. The molecule has 1 amide bonds. The minimum atomic E-state index is -3.78. The molecule has 0 saturated carbocycles. The lowest BCUT2D eigenvalue weighted by molar-refractivity contribution is -0.116. The van der Waals surface area contributed by atoms with Gasteiger partial charge in [-0.15, -0.1) is 11.3 Å². The van der Waals surface area contributed by atoms with Gasteiger partial charge in [0.15, 0.2) is 5.13 Å². The van der Waals surface area contributed by atoms with E-state index in [0.29, 0.717) is 10.7 Å². The number of sulfonamides is 1. The van der Waals surface area contributed by atoms with Crippen LogP contribution in [0.4, 0.5) is 5.13 Å². The first-order chi connectivity index (χ1) is 13.3. The molecule has 3 rings (SSSR count). The van der Waals surface area contributed by atoms with Crippen molar-refractivity contribution >= 4 is 32.4 Å². The second-order valence-corrected chi connectivity index (χ2v) is 9.02. The van der Waals surface area contributed by atoms with Crippen LogP contribution in [0.25, 0.3) is 0 Å². The van der Waals surface area contributed by atoms with Crippen molar-refractivity contribution in [1.82, 2.24) is 9.71 Å². The first-order valence-corrected chi connectivity index (χ1v) is 11.1. The molecule has 2 aromatic carbocycles. The number of carbonyl (C=O) groups excluding carboxylic acids is 1. The van der Waals surface area contributed by atoms with E-state index in [-0.39, 0.29) is 17.2 Å². The van der Waals surface area contributed by atoms with Gasteiger partial charge in [-0.1, -0.05) is 48.0 Å². The van der Waals surface area contributed by atoms with E-state index in [1.165, 1.54) is 11.3 Å². The van der Waals surface area contributed by atoms with Gasteiger partial charge in [-0.2, -0.15) is 0 Å². The smallest absolute Gasteiger partial charge is 0.241 e. The molecule has 0 aliphatic heterocycles. The number of rotatable bonds is 7. The van der Waals surface area contributed by atoms with Crippen molar-refractivity contribution in [2.75, 3.05) is 5.32 Å². The molecule has 0 unspecified atom stereocenters. The molecule has 0 spiro atoms. The lowest BCUT2D eigenvalue weighted by Gasteiger charge is -2.19. The number of aromatic nitrogens is 1. The molecular weight excluding hydrogens is 394 g/mol. The second kappa shape index (κ2) is 8.64. The molecule has 1 atom stereocenters. The Kier molecular flexibility index (Phi) is 6.23. The molecule has 0 fully saturated rings. The molecule has 3 aromatic rings. The number of anilines is 1. The van der Waals surface area contributed by atoms with Gasteiger partial charge in [-0.3, -0.25) is 4.79 Å². The van der Waals surface area contributed by atoms with Crippen molar-refractivity contribution in [1.29, 1.82) is 0 Å². The van der Waals surface area contributed by atoms with Crippen LogP contribution in [-0.2, 0) is 14.8 Å². The molecular formula is C20H21N3O3S2. The van der Waals surface area contributed by atoms with Crippen LogP contribution < -0.4 is 10.0 Å². The zero-order valence-electron chi connectivity index (χ0n) is 15.5. The SMILES string of the molecule is Cc1ccc(S(=O)(=O)N[C@@H](CC(=O)Nc2nc(C)cs2)c2ccccc2)cc1. The van der Waals surface area contributed by atoms with Gasteiger partial charge in [0.25, 0.3) is 0 Å². The fourth-order valence-corrected chi connectivity index (χ4v) is 4.58. The highest BCUT2D eigenvalue weighted by atomic mass is 32.2. The van der Waals surface area contributed by atoms with Gasteiger partial charge in [-0.25, -0.2) is 18.1 Å². The third-order valence-corrected chi connectivity index (χ3v) is 6.45. The molecule has 1 heterocycles. The minimum Gasteiger partial charge on any atom is -0.302 e. The van der Waals surface area contributed by atoms with Gasteiger partial charge < -0.3 is 5.32 Å². The fourth-order valence-electron chi connectivity index (χ4n) is 2.65. The van der Waals surface area contributed by atoms with E-state index in [2.05, 4.69) is 15.0 Å². The van der Waals surface area contributed by atoms with Gasteiger partial charge in [0.05, 0.1) is 16.6 Å². The summed E-state index contributed by atoms with van der Waals surface area (Å²) in [6.45, 7) is 3.73. The largest absolute Gasteiger partial charge is 0.302 e. The van der Waals surface area contributed by atoms with E-state index in [1.54, 1.807) is 36.4 Å². The number of benzene rings is 2. The van der Waals surface area contributed by atoms with E-state index in [1.807, 2.05) is 37.4 Å². The maximum Gasteiger partial charge on any atom is 0.241 e. The Morgan fingerprint density at radius 2 is 1.75 bits per heavy atom. The quantitative estimate of drug-likeness (QED) is 0.614.